The van der Waals surface area contributed by atoms with Crippen molar-refractivity contribution in [1.82, 2.24) is 10.2 Å². The first-order valence-corrected chi connectivity index (χ1v) is 9.34. The summed E-state index contributed by atoms with van der Waals surface area (Å²) in [7, 11) is 0. The van der Waals surface area contributed by atoms with Gasteiger partial charge >= 0.3 is 6.03 Å². The van der Waals surface area contributed by atoms with Gasteiger partial charge in [0.25, 0.3) is 5.91 Å². The van der Waals surface area contributed by atoms with Gasteiger partial charge in [0.1, 0.15) is 18.1 Å². The Kier molecular flexibility index (Phi) is 5.38. The summed E-state index contributed by atoms with van der Waals surface area (Å²) in [5.41, 5.74) is 3.07. The third kappa shape index (κ3) is 4.52. The van der Waals surface area contributed by atoms with Crippen LogP contribution < -0.4 is 10.1 Å². The molecule has 3 amide bonds. The minimum absolute atomic E-state index is 0.245. The molecule has 0 aliphatic carbocycles. The fraction of sp³-hybridized carbons (Fsp3) is 0.0833. The van der Waals surface area contributed by atoms with Crippen LogP contribution in [0.15, 0.2) is 90.6 Å². The first kappa shape index (κ1) is 18.5. The van der Waals surface area contributed by atoms with Crippen molar-refractivity contribution in [2.45, 2.75) is 13.2 Å². The van der Waals surface area contributed by atoms with Gasteiger partial charge in [-0.2, -0.15) is 0 Å². The van der Waals surface area contributed by atoms with E-state index in [1.165, 1.54) is 4.90 Å². The zero-order valence-electron chi connectivity index (χ0n) is 15.7. The van der Waals surface area contributed by atoms with Crippen LogP contribution in [0.2, 0.25) is 0 Å². The maximum atomic E-state index is 12.6. The molecule has 3 aromatic rings. The highest BCUT2D eigenvalue weighted by molar-refractivity contribution is 6.13. The summed E-state index contributed by atoms with van der Waals surface area (Å²) >= 11 is 0. The topological polar surface area (TPSA) is 58.6 Å². The number of benzene rings is 3. The maximum absolute atomic E-state index is 12.6. The summed E-state index contributed by atoms with van der Waals surface area (Å²) in [4.78, 5) is 26.0. The van der Waals surface area contributed by atoms with E-state index in [9.17, 15) is 9.59 Å². The molecule has 29 heavy (non-hydrogen) atoms. The van der Waals surface area contributed by atoms with Crippen LogP contribution in [-0.2, 0) is 17.9 Å². The van der Waals surface area contributed by atoms with Crippen molar-refractivity contribution in [2.75, 3.05) is 0 Å². The van der Waals surface area contributed by atoms with Crippen LogP contribution in [0.5, 0.6) is 5.75 Å². The number of rotatable bonds is 6. The predicted octanol–water partition coefficient (Wildman–Crippen LogP) is 4.36. The Morgan fingerprint density at radius 3 is 2.07 bits per heavy atom. The molecule has 3 aromatic carbocycles. The smallest absolute Gasteiger partial charge is 0.329 e. The highest BCUT2D eigenvalue weighted by Gasteiger charge is 2.33. The number of imide groups is 1. The third-order valence-corrected chi connectivity index (χ3v) is 4.59. The maximum Gasteiger partial charge on any atom is 0.329 e. The number of hydrogen-bond acceptors (Lipinski definition) is 3. The van der Waals surface area contributed by atoms with Crippen molar-refractivity contribution in [3.63, 3.8) is 0 Å². The van der Waals surface area contributed by atoms with Crippen LogP contribution in [-0.4, -0.2) is 16.8 Å². The highest BCUT2D eigenvalue weighted by Crippen LogP contribution is 2.19. The van der Waals surface area contributed by atoms with Crippen LogP contribution in [0.3, 0.4) is 0 Å². The van der Waals surface area contributed by atoms with Crippen molar-refractivity contribution < 1.29 is 14.3 Å². The fourth-order valence-electron chi connectivity index (χ4n) is 3.05. The number of amides is 3. The average Bonchev–Trinajstić information content (AvgIpc) is 3.02. The zero-order valence-corrected chi connectivity index (χ0v) is 15.7. The molecule has 0 bridgehead atoms. The molecule has 144 valence electrons. The van der Waals surface area contributed by atoms with Gasteiger partial charge in [0.05, 0.1) is 6.54 Å². The quantitative estimate of drug-likeness (QED) is 0.507. The van der Waals surface area contributed by atoms with Crippen molar-refractivity contribution in [3.05, 3.63) is 107 Å². The number of hydrogen-bond donors (Lipinski definition) is 1. The van der Waals surface area contributed by atoms with Crippen LogP contribution in [0.1, 0.15) is 16.7 Å². The highest BCUT2D eigenvalue weighted by atomic mass is 16.5. The van der Waals surface area contributed by atoms with E-state index in [0.717, 1.165) is 22.4 Å². The van der Waals surface area contributed by atoms with Crippen LogP contribution in [0.25, 0.3) is 6.08 Å². The lowest BCUT2D eigenvalue weighted by atomic mass is 10.1. The summed E-state index contributed by atoms with van der Waals surface area (Å²) in [6.07, 6.45) is 1.67. The van der Waals surface area contributed by atoms with E-state index in [1.54, 1.807) is 6.08 Å². The van der Waals surface area contributed by atoms with Crippen molar-refractivity contribution >= 4 is 18.0 Å². The molecule has 1 aliphatic heterocycles. The monoisotopic (exact) mass is 384 g/mol. The van der Waals surface area contributed by atoms with Crippen molar-refractivity contribution in [3.8, 4) is 5.75 Å². The van der Waals surface area contributed by atoms with E-state index in [2.05, 4.69) is 5.32 Å². The molecule has 0 saturated carbocycles. The Labute approximate surface area is 169 Å². The van der Waals surface area contributed by atoms with Crippen LogP contribution in [0.4, 0.5) is 4.79 Å². The molecule has 0 spiro atoms. The number of ether oxygens (including phenoxy) is 1. The van der Waals surface area contributed by atoms with E-state index in [0.29, 0.717) is 6.61 Å². The minimum Gasteiger partial charge on any atom is -0.489 e. The van der Waals surface area contributed by atoms with Gasteiger partial charge in [0, 0.05) is 0 Å². The van der Waals surface area contributed by atoms with Gasteiger partial charge in [0.2, 0.25) is 0 Å². The first-order valence-electron chi connectivity index (χ1n) is 9.34. The molecule has 1 heterocycles. The second kappa shape index (κ2) is 8.44. The summed E-state index contributed by atoms with van der Waals surface area (Å²) in [5, 5.41) is 2.65. The molecule has 1 N–H and O–H groups in total. The third-order valence-electron chi connectivity index (χ3n) is 4.59. The molecule has 5 heteroatoms. The number of carbonyl (C=O) groups is 2. The Balaban J connectivity index is 1.41. The number of nitrogens with zero attached hydrogens (tertiary/aromatic N) is 1. The SMILES string of the molecule is O=C1NC(=Cc2ccc(OCc3ccccc3)cc2)C(=O)N1Cc1ccccc1. The van der Waals surface area contributed by atoms with Gasteiger partial charge < -0.3 is 10.1 Å². The lowest BCUT2D eigenvalue weighted by Gasteiger charge is -2.11. The molecular formula is C24H20N2O3. The molecule has 0 unspecified atom stereocenters. The Hall–Kier alpha value is -3.86. The van der Waals surface area contributed by atoms with E-state index in [-0.39, 0.29) is 18.1 Å². The second-order valence-corrected chi connectivity index (χ2v) is 6.71. The molecule has 0 radical (unpaired) electrons. The molecule has 0 atom stereocenters. The largest absolute Gasteiger partial charge is 0.489 e. The summed E-state index contributed by atoms with van der Waals surface area (Å²) in [5.74, 6) is 0.409. The van der Waals surface area contributed by atoms with Gasteiger partial charge in [-0.15, -0.1) is 0 Å². The van der Waals surface area contributed by atoms with Gasteiger partial charge in [0.15, 0.2) is 0 Å². The summed E-state index contributed by atoms with van der Waals surface area (Å²) in [6, 6.07) is 26.4. The van der Waals surface area contributed by atoms with E-state index < -0.39 is 6.03 Å². The number of urea groups is 1. The minimum atomic E-state index is -0.409. The number of nitrogens with one attached hydrogen (secondary N) is 1. The van der Waals surface area contributed by atoms with E-state index >= 15 is 0 Å². The summed E-state index contributed by atoms with van der Waals surface area (Å²) < 4.78 is 5.77. The zero-order chi connectivity index (χ0) is 20.1. The molecular weight excluding hydrogens is 364 g/mol. The Morgan fingerprint density at radius 2 is 1.41 bits per heavy atom. The Bertz CT molecular complexity index is 1030. The van der Waals surface area contributed by atoms with Crippen LogP contribution in [0, 0.1) is 0 Å². The summed E-state index contributed by atoms with van der Waals surface area (Å²) in [6.45, 7) is 0.735. The van der Waals surface area contributed by atoms with Crippen molar-refractivity contribution in [2.24, 2.45) is 0 Å². The van der Waals surface area contributed by atoms with E-state index in [1.807, 2.05) is 84.9 Å². The van der Waals surface area contributed by atoms with Gasteiger partial charge in [-0.05, 0) is 34.9 Å². The standard InChI is InChI=1S/C24H20N2O3/c27-23-22(25-24(28)26(23)16-19-7-3-1-4-8-19)15-18-11-13-21(14-12-18)29-17-20-9-5-2-6-10-20/h1-15H,16-17H2,(H,25,28). The lowest BCUT2D eigenvalue weighted by molar-refractivity contribution is -0.123. The molecule has 4 rings (SSSR count). The van der Waals surface area contributed by atoms with Gasteiger partial charge in [-0.1, -0.05) is 72.8 Å². The Morgan fingerprint density at radius 1 is 0.793 bits per heavy atom. The lowest BCUT2D eigenvalue weighted by Crippen LogP contribution is -2.30. The van der Waals surface area contributed by atoms with Crippen molar-refractivity contribution in [1.29, 1.82) is 0 Å². The van der Waals surface area contributed by atoms with Gasteiger partial charge in [-0.3, -0.25) is 9.69 Å². The normalized spacial score (nSPS) is 14.9. The number of carbonyl (C=O) groups excluding carboxylic acids is 2. The first-order chi connectivity index (χ1) is 14.2. The predicted molar refractivity (Wildman–Crippen MR) is 111 cm³/mol. The molecule has 1 saturated heterocycles. The van der Waals surface area contributed by atoms with Crippen LogP contribution >= 0.6 is 0 Å². The second-order valence-electron chi connectivity index (χ2n) is 6.71. The molecule has 1 aliphatic rings. The molecule has 0 aromatic heterocycles. The fourth-order valence-corrected chi connectivity index (χ4v) is 3.05. The molecule has 5 nitrogen and oxygen atoms in total. The molecule has 1 fully saturated rings. The average molecular weight is 384 g/mol. The van der Waals surface area contributed by atoms with E-state index in [4.69, 9.17) is 4.74 Å². The van der Waals surface area contributed by atoms with Gasteiger partial charge in [-0.25, -0.2) is 4.79 Å².